The van der Waals surface area contributed by atoms with Crippen LogP contribution in [0.5, 0.6) is 0 Å². The van der Waals surface area contributed by atoms with Gasteiger partial charge in [-0.25, -0.2) is 0 Å². The van der Waals surface area contributed by atoms with Crippen LogP contribution in [-0.4, -0.2) is 37.0 Å². The molecule has 1 rings (SSSR count). The molecular formula is C13H18Cl2N2O. The van der Waals surface area contributed by atoms with E-state index in [4.69, 9.17) is 23.2 Å². The number of nitrogens with one attached hydrogen (secondary N) is 1. The van der Waals surface area contributed by atoms with E-state index in [0.29, 0.717) is 22.2 Å². The lowest BCUT2D eigenvalue weighted by Crippen LogP contribution is -2.48. The van der Waals surface area contributed by atoms with Crippen LogP contribution >= 0.6 is 23.2 Å². The SMILES string of the molecule is CN(C)C(C)(C)CNC(=O)c1ccc(Cl)c(Cl)c1. The third-order valence-electron chi connectivity index (χ3n) is 3.07. The van der Waals surface area contributed by atoms with E-state index in [-0.39, 0.29) is 11.4 Å². The number of carbonyl (C=O) groups excluding carboxylic acids is 1. The third-order valence-corrected chi connectivity index (χ3v) is 3.81. The number of nitrogens with zero attached hydrogens (tertiary/aromatic N) is 1. The molecule has 0 fully saturated rings. The van der Waals surface area contributed by atoms with Crippen molar-refractivity contribution in [1.29, 1.82) is 0 Å². The third kappa shape index (κ3) is 3.87. The van der Waals surface area contributed by atoms with Gasteiger partial charge >= 0.3 is 0 Å². The zero-order valence-corrected chi connectivity index (χ0v) is 12.6. The zero-order chi connectivity index (χ0) is 13.9. The standard InChI is InChI=1S/C13H18Cl2N2O/c1-13(2,17(3)4)8-16-12(18)9-5-6-10(14)11(15)7-9/h5-7H,8H2,1-4H3,(H,16,18). The van der Waals surface area contributed by atoms with Gasteiger partial charge < -0.3 is 10.2 Å². The normalized spacial score (nSPS) is 11.7. The van der Waals surface area contributed by atoms with E-state index in [0.717, 1.165) is 0 Å². The van der Waals surface area contributed by atoms with Gasteiger partial charge in [-0.3, -0.25) is 4.79 Å². The first-order chi connectivity index (χ1) is 8.24. The maximum atomic E-state index is 11.9. The van der Waals surface area contributed by atoms with Gasteiger partial charge in [0.05, 0.1) is 10.0 Å². The summed E-state index contributed by atoms with van der Waals surface area (Å²) in [4.78, 5) is 14.0. The first-order valence-electron chi connectivity index (χ1n) is 5.65. The summed E-state index contributed by atoms with van der Waals surface area (Å²) >= 11 is 11.7. The molecule has 0 radical (unpaired) electrons. The largest absolute Gasteiger partial charge is 0.350 e. The summed E-state index contributed by atoms with van der Waals surface area (Å²) in [5.41, 5.74) is 0.408. The Hall–Kier alpha value is -0.770. The summed E-state index contributed by atoms with van der Waals surface area (Å²) in [6, 6.07) is 4.85. The molecule has 1 amide bonds. The quantitative estimate of drug-likeness (QED) is 0.924. The highest BCUT2D eigenvalue weighted by Gasteiger charge is 2.21. The van der Waals surface area contributed by atoms with E-state index in [1.54, 1.807) is 18.2 Å². The van der Waals surface area contributed by atoms with Gasteiger partial charge in [0.2, 0.25) is 0 Å². The Morgan fingerprint density at radius 2 is 1.89 bits per heavy atom. The fraction of sp³-hybridized carbons (Fsp3) is 0.462. The molecule has 1 aromatic rings. The van der Waals surface area contributed by atoms with Gasteiger partial charge in [-0.15, -0.1) is 0 Å². The first kappa shape index (κ1) is 15.3. The highest BCUT2D eigenvalue weighted by Crippen LogP contribution is 2.22. The molecule has 0 bridgehead atoms. The van der Waals surface area contributed by atoms with Crippen molar-refractivity contribution in [1.82, 2.24) is 10.2 Å². The molecule has 0 aliphatic carbocycles. The molecule has 100 valence electrons. The molecule has 0 aromatic heterocycles. The minimum Gasteiger partial charge on any atom is -0.350 e. The average molecular weight is 289 g/mol. The lowest BCUT2D eigenvalue weighted by atomic mass is 10.0. The monoisotopic (exact) mass is 288 g/mol. The molecule has 0 atom stereocenters. The number of hydrogen-bond donors (Lipinski definition) is 1. The Bertz CT molecular complexity index is 445. The number of rotatable bonds is 4. The summed E-state index contributed by atoms with van der Waals surface area (Å²) < 4.78 is 0. The topological polar surface area (TPSA) is 32.3 Å². The fourth-order valence-electron chi connectivity index (χ4n) is 1.19. The Balaban J connectivity index is 2.69. The van der Waals surface area contributed by atoms with E-state index in [9.17, 15) is 4.79 Å². The number of likely N-dealkylation sites (N-methyl/N-ethyl adjacent to an activating group) is 1. The second-order valence-corrected chi connectivity index (χ2v) is 5.83. The van der Waals surface area contributed by atoms with Crippen molar-refractivity contribution in [3.63, 3.8) is 0 Å². The van der Waals surface area contributed by atoms with Crippen LogP contribution in [0.1, 0.15) is 24.2 Å². The van der Waals surface area contributed by atoms with Crippen molar-refractivity contribution < 1.29 is 4.79 Å². The maximum absolute atomic E-state index is 11.9. The summed E-state index contributed by atoms with van der Waals surface area (Å²) in [6.45, 7) is 4.67. The smallest absolute Gasteiger partial charge is 0.251 e. The van der Waals surface area contributed by atoms with E-state index in [1.165, 1.54) is 0 Å². The summed E-state index contributed by atoms with van der Waals surface area (Å²) in [7, 11) is 3.95. The highest BCUT2D eigenvalue weighted by atomic mass is 35.5. The van der Waals surface area contributed by atoms with Crippen LogP contribution in [0.2, 0.25) is 10.0 Å². The molecule has 0 aliphatic heterocycles. The number of benzene rings is 1. The Morgan fingerprint density at radius 3 is 2.39 bits per heavy atom. The lowest BCUT2D eigenvalue weighted by molar-refractivity contribution is 0.0919. The number of hydrogen-bond acceptors (Lipinski definition) is 2. The predicted molar refractivity (Wildman–Crippen MR) is 76.6 cm³/mol. The summed E-state index contributed by atoms with van der Waals surface area (Å²) in [5, 5.41) is 3.72. The molecule has 3 nitrogen and oxygen atoms in total. The molecule has 0 saturated carbocycles. The minimum atomic E-state index is -0.150. The second kappa shape index (κ2) is 5.91. The van der Waals surface area contributed by atoms with Crippen LogP contribution in [0.25, 0.3) is 0 Å². The number of halogens is 2. The lowest BCUT2D eigenvalue weighted by Gasteiger charge is -2.32. The van der Waals surface area contributed by atoms with Gasteiger partial charge in [-0.2, -0.15) is 0 Å². The molecule has 0 heterocycles. The van der Waals surface area contributed by atoms with Gasteiger partial charge in [-0.1, -0.05) is 23.2 Å². The van der Waals surface area contributed by atoms with E-state index >= 15 is 0 Å². The van der Waals surface area contributed by atoms with Crippen molar-refractivity contribution in [3.05, 3.63) is 33.8 Å². The Morgan fingerprint density at radius 1 is 1.28 bits per heavy atom. The average Bonchev–Trinajstić information content (AvgIpc) is 2.29. The van der Waals surface area contributed by atoms with Gasteiger partial charge in [0.25, 0.3) is 5.91 Å². The van der Waals surface area contributed by atoms with E-state index < -0.39 is 0 Å². The predicted octanol–water partition coefficient (Wildman–Crippen LogP) is 3.06. The Labute approximate surface area is 118 Å². The highest BCUT2D eigenvalue weighted by molar-refractivity contribution is 6.42. The van der Waals surface area contributed by atoms with Crippen LogP contribution in [0, 0.1) is 0 Å². The van der Waals surface area contributed by atoms with Crippen molar-refractivity contribution in [2.45, 2.75) is 19.4 Å². The van der Waals surface area contributed by atoms with Gasteiger partial charge in [0, 0.05) is 17.6 Å². The maximum Gasteiger partial charge on any atom is 0.251 e. The van der Waals surface area contributed by atoms with Crippen LogP contribution < -0.4 is 5.32 Å². The number of amides is 1. The molecule has 0 aliphatic rings. The van der Waals surface area contributed by atoms with Crippen LogP contribution in [0.15, 0.2) is 18.2 Å². The van der Waals surface area contributed by atoms with Crippen molar-refractivity contribution in [2.24, 2.45) is 0 Å². The van der Waals surface area contributed by atoms with Gasteiger partial charge in [0.1, 0.15) is 0 Å². The second-order valence-electron chi connectivity index (χ2n) is 5.02. The van der Waals surface area contributed by atoms with Crippen LogP contribution in [0.3, 0.4) is 0 Å². The molecular weight excluding hydrogens is 271 g/mol. The van der Waals surface area contributed by atoms with E-state index in [1.807, 2.05) is 14.1 Å². The minimum absolute atomic E-state index is 0.105. The molecule has 1 N–H and O–H groups in total. The van der Waals surface area contributed by atoms with Crippen LogP contribution in [0.4, 0.5) is 0 Å². The molecule has 0 saturated heterocycles. The van der Waals surface area contributed by atoms with E-state index in [2.05, 4.69) is 24.1 Å². The summed E-state index contributed by atoms with van der Waals surface area (Å²) in [5.74, 6) is -0.150. The van der Waals surface area contributed by atoms with Crippen molar-refractivity contribution in [2.75, 3.05) is 20.6 Å². The molecule has 1 aromatic carbocycles. The summed E-state index contributed by atoms with van der Waals surface area (Å²) in [6.07, 6.45) is 0. The van der Waals surface area contributed by atoms with Gasteiger partial charge in [0.15, 0.2) is 0 Å². The Kier molecular flexibility index (Phi) is 5.02. The van der Waals surface area contributed by atoms with Gasteiger partial charge in [-0.05, 0) is 46.1 Å². The molecule has 0 unspecified atom stereocenters. The fourth-order valence-corrected chi connectivity index (χ4v) is 1.49. The molecule has 18 heavy (non-hydrogen) atoms. The van der Waals surface area contributed by atoms with Crippen molar-refractivity contribution in [3.8, 4) is 0 Å². The molecule has 0 spiro atoms. The van der Waals surface area contributed by atoms with Crippen molar-refractivity contribution >= 4 is 29.1 Å². The molecule has 5 heteroatoms. The zero-order valence-electron chi connectivity index (χ0n) is 11.1. The van der Waals surface area contributed by atoms with Crippen LogP contribution in [-0.2, 0) is 0 Å². The number of carbonyl (C=O) groups is 1. The first-order valence-corrected chi connectivity index (χ1v) is 6.40.